The van der Waals surface area contributed by atoms with Crippen LogP contribution in [0.1, 0.15) is 46.5 Å². The smallest absolute Gasteiger partial charge is 0.233 e. The van der Waals surface area contributed by atoms with Gasteiger partial charge in [-0.15, -0.1) is 11.8 Å². The molecule has 1 N–H and O–H groups in total. The zero-order chi connectivity index (χ0) is 14.8. The Morgan fingerprint density at radius 3 is 2.55 bits per heavy atom. The molecule has 2 unspecified atom stereocenters. The van der Waals surface area contributed by atoms with Crippen molar-refractivity contribution < 1.29 is 4.79 Å². The van der Waals surface area contributed by atoms with Crippen molar-refractivity contribution in [2.24, 2.45) is 5.92 Å². The Balaban J connectivity index is 2.34. The molecule has 1 aromatic carbocycles. The molecule has 112 valence electrons. The van der Waals surface area contributed by atoms with Gasteiger partial charge < -0.3 is 5.32 Å². The maximum Gasteiger partial charge on any atom is 0.233 e. The highest BCUT2D eigenvalue weighted by Gasteiger charge is 2.15. The van der Waals surface area contributed by atoms with Crippen LogP contribution in [0.2, 0.25) is 0 Å². The Bertz CT molecular complexity index is 380. The third-order valence-corrected chi connectivity index (χ3v) is 4.65. The number of carbonyl (C=O) groups is 1. The van der Waals surface area contributed by atoms with E-state index in [2.05, 4.69) is 19.2 Å². The molecular formula is C17H27NOS. The van der Waals surface area contributed by atoms with Gasteiger partial charge in [-0.05, 0) is 31.4 Å². The lowest BCUT2D eigenvalue weighted by Gasteiger charge is -2.17. The zero-order valence-corrected chi connectivity index (χ0v) is 13.7. The molecule has 1 amide bonds. The van der Waals surface area contributed by atoms with Crippen molar-refractivity contribution in [3.63, 3.8) is 0 Å². The SMILES string of the molecule is CCCCC(CC)CNC(=O)C(C)Sc1ccccc1. The standard InChI is InChI=1S/C17H27NOS/c1-4-6-10-15(5-2)13-18-17(19)14(3)20-16-11-8-7-9-12-16/h7-9,11-12,14-15H,4-6,10,13H2,1-3H3,(H,18,19). The van der Waals surface area contributed by atoms with E-state index in [1.807, 2.05) is 37.3 Å². The Morgan fingerprint density at radius 2 is 1.95 bits per heavy atom. The second-order valence-corrected chi connectivity index (χ2v) is 6.65. The number of thioether (sulfide) groups is 1. The van der Waals surface area contributed by atoms with E-state index < -0.39 is 0 Å². The fraction of sp³-hybridized carbons (Fsp3) is 0.588. The Morgan fingerprint density at radius 1 is 1.25 bits per heavy atom. The maximum atomic E-state index is 12.1. The van der Waals surface area contributed by atoms with Crippen LogP contribution in [0.25, 0.3) is 0 Å². The second-order valence-electron chi connectivity index (χ2n) is 5.23. The van der Waals surface area contributed by atoms with E-state index >= 15 is 0 Å². The van der Waals surface area contributed by atoms with Gasteiger partial charge in [0.2, 0.25) is 5.91 Å². The molecule has 1 rings (SSSR count). The zero-order valence-electron chi connectivity index (χ0n) is 12.9. The van der Waals surface area contributed by atoms with Crippen molar-refractivity contribution in [3.8, 4) is 0 Å². The first-order valence-corrected chi connectivity index (χ1v) is 8.54. The molecule has 0 aliphatic carbocycles. The monoisotopic (exact) mass is 293 g/mol. The van der Waals surface area contributed by atoms with Crippen LogP contribution in [-0.2, 0) is 4.79 Å². The van der Waals surface area contributed by atoms with E-state index in [4.69, 9.17) is 0 Å². The van der Waals surface area contributed by atoms with Crippen LogP contribution < -0.4 is 5.32 Å². The lowest BCUT2D eigenvalue weighted by atomic mass is 9.99. The highest BCUT2D eigenvalue weighted by molar-refractivity contribution is 8.00. The molecule has 2 atom stereocenters. The Hall–Kier alpha value is -0.960. The minimum absolute atomic E-state index is 0.0407. The third kappa shape index (κ3) is 6.47. The van der Waals surface area contributed by atoms with Crippen molar-refractivity contribution in [2.45, 2.75) is 56.6 Å². The van der Waals surface area contributed by atoms with Gasteiger partial charge in [0.1, 0.15) is 0 Å². The number of nitrogens with one attached hydrogen (secondary N) is 1. The van der Waals surface area contributed by atoms with E-state index in [9.17, 15) is 4.79 Å². The summed E-state index contributed by atoms with van der Waals surface area (Å²) in [6, 6.07) is 10.1. The molecule has 0 heterocycles. The molecule has 0 spiro atoms. The van der Waals surface area contributed by atoms with Crippen molar-refractivity contribution in [3.05, 3.63) is 30.3 Å². The molecule has 20 heavy (non-hydrogen) atoms. The topological polar surface area (TPSA) is 29.1 Å². The number of unbranched alkanes of at least 4 members (excludes halogenated alkanes) is 1. The fourth-order valence-electron chi connectivity index (χ4n) is 2.09. The third-order valence-electron chi connectivity index (χ3n) is 3.53. The first kappa shape index (κ1) is 17.1. The molecular weight excluding hydrogens is 266 g/mol. The van der Waals surface area contributed by atoms with Crippen molar-refractivity contribution >= 4 is 17.7 Å². The van der Waals surface area contributed by atoms with Crippen LogP contribution in [0.5, 0.6) is 0 Å². The van der Waals surface area contributed by atoms with E-state index in [0.717, 1.165) is 17.9 Å². The summed E-state index contributed by atoms with van der Waals surface area (Å²) in [5.41, 5.74) is 0. The Kier molecular flexibility index (Phi) is 8.43. The lowest BCUT2D eigenvalue weighted by Crippen LogP contribution is -2.34. The molecule has 0 aliphatic heterocycles. The van der Waals surface area contributed by atoms with Crippen molar-refractivity contribution in [1.82, 2.24) is 5.32 Å². The quantitative estimate of drug-likeness (QED) is 0.679. The van der Waals surface area contributed by atoms with E-state index in [1.54, 1.807) is 11.8 Å². The molecule has 0 aliphatic rings. The van der Waals surface area contributed by atoms with Gasteiger partial charge in [-0.25, -0.2) is 0 Å². The van der Waals surface area contributed by atoms with Gasteiger partial charge >= 0.3 is 0 Å². The highest BCUT2D eigenvalue weighted by atomic mass is 32.2. The average Bonchev–Trinajstić information content (AvgIpc) is 2.48. The predicted molar refractivity (Wildman–Crippen MR) is 88.1 cm³/mol. The number of carbonyl (C=O) groups excluding carboxylic acids is 1. The summed E-state index contributed by atoms with van der Waals surface area (Å²) in [6.07, 6.45) is 4.83. The summed E-state index contributed by atoms with van der Waals surface area (Å²) >= 11 is 1.62. The van der Waals surface area contributed by atoms with E-state index in [-0.39, 0.29) is 11.2 Å². The normalized spacial score (nSPS) is 13.8. The van der Waals surface area contributed by atoms with Crippen LogP contribution in [0.15, 0.2) is 35.2 Å². The van der Waals surface area contributed by atoms with Crippen molar-refractivity contribution in [1.29, 1.82) is 0 Å². The number of hydrogen-bond acceptors (Lipinski definition) is 2. The van der Waals surface area contributed by atoms with Crippen LogP contribution >= 0.6 is 11.8 Å². The van der Waals surface area contributed by atoms with E-state index in [1.165, 1.54) is 19.3 Å². The minimum Gasteiger partial charge on any atom is -0.355 e. The first-order valence-electron chi connectivity index (χ1n) is 7.66. The molecule has 0 radical (unpaired) electrons. The molecule has 0 bridgehead atoms. The average molecular weight is 293 g/mol. The summed E-state index contributed by atoms with van der Waals surface area (Å²) < 4.78 is 0. The summed E-state index contributed by atoms with van der Waals surface area (Å²) in [5, 5.41) is 3.06. The van der Waals surface area contributed by atoms with Gasteiger partial charge in [0, 0.05) is 11.4 Å². The summed E-state index contributed by atoms with van der Waals surface area (Å²) in [5.74, 6) is 0.765. The molecule has 0 saturated carbocycles. The van der Waals surface area contributed by atoms with Crippen LogP contribution in [0, 0.1) is 5.92 Å². The van der Waals surface area contributed by atoms with Gasteiger partial charge in [0.15, 0.2) is 0 Å². The van der Waals surface area contributed by atoms with Crippen LogP contribution in [0.4, 0.5) is 0 Å². The summed E-state index contributed by atoms with van der Waals surface area (Å²) in [4.78, 5) is 13.3. The van der Waals surface area contributed by atoms with Crippen LogP contribution in [-0.4, -0.2) is 17.7 Å². The molecule has 0 fully saturated rings. The number of hydrogen-bond donors (Lipinski definition) is 1. The Labute approximate surface area is 127 Å². The molecule has 1 aromatic rings. The number of rotatable bonds is 9. The fourth-order valence-corrected chi connectivity index (χ4v) is 3.00. The van der Waals surface area contributed by atoms with Gasteiger partial charge in [-0.2, -0.15) is 0 Å². The largest absolute Gasteiger partial charge is 0.355 e. The summed E-state index contributed by atoms with van der Waals surface area (Å²) in [7, 11) is 0. The minimum atomic E-state index is -0.0407. The maximum absolute atomic E-state index is 12.1. The molecule has 3 heteroatoms. The number of amides is 1. The molecule has 0 aromatic heterocycles. The second kappa shape index (κ2) is 9.87. The van der Waals surface area contributed by atoms with Gasteiger partial charge in [-0.1, -0.05) is 51.3 Å². The van der Waals surface area contributed by atoms with Gasteiger partial charge in [0.05, 0.1) is 5.25 Å². The van der Waals surface area contributed by atoms with Gasteiger partial charge in [-0.3, -0.25) is 4.79 Å². The van der Waals surface area contributed by atoms with Crippen LogP contribution in [0.3, 0.4) is 0 Å². The predicted octanol–water partition coefficient (Wildman–Crippen LogP) is 4.50. The molecule has 0 saturated heterocycles. The number of benzene rings is 1. The van der Waals surface area contributed by atoms with Crippen molar-refractivity contribution in [2.75, 3.05) is 6.54 Å². The lowest BCUT2D eigenvalue weighted by molar-refractivity contribution is -0.120. The first-order chi connectivity index (χ1) is 9.67. The summed E-state index contributed by atoms with van der Waals surface area (Å²) in [6.45, 7) is 7.20. The van der Waals surface area contributed by atoms with Gasteiger partial charge in [0.25, 0.3) is 0 Å². The highest BCUT2D eigenvalue weighted by Crippen LogP contribution is 2.22. The van der Waals surface area contributed by atoms with E-state index in [0.29, 0.717) is 5.92 Å². The molecule has 2 nitrogen and oxygen atoms in total.